The number of nitrogens with one attached hydrogen (secondary N) is 1. The van der Waals surface area contributed by atoms with Crippen LogP contribution in [0.1, 0.15) is 5.56 Å². The van der Waals surface area contributed by atoms with Crippen LogP contribution in [0.5, 0.6) is 0 Å². The standard InChI is InChI=1S/C9H13ClN2O2/c10-9-5-11-2-1-7(9)3-12-4-8(14)6-13/h1-2,5,8,12-14H,3-4,6H2. The highest BCUT2D eigenvalue weighted by molar-refractivity contribution is 6.31. The molecule has 3 N–H and O–H groups in total. The maximum Gasteiger partial charge on any atom is 0.0895 e. The molecule has 14 heavy (non-hydrogen) atoms. The van der Waals surface area contributed by atoms with Crippen molar-refractivity contribution in [3.63, 3.8) is 0 Å². The van der Waals surface area contributed by atoms with Gasteiger partial charge in [-0.25, -0.2) is 0 Å². The average Bonchev–Trinajstić information content (AvgIpc) is 2.20. The lowest BCUT2D eigenvalue weighted by Gasteiger charge is -2.09. The van der Waals surface area contributed by atoms with Crippen molar-refractivity contribution in [1.29, 1.82) is 0 Å². The molecule has 0 saturated carbocycles. The molecule has 78 valence electrons. The Morgan fingerprint density at radius 2 is 2.36 bits per heavy atom. The smallest absolute Gasteiger partial charge is 0.0895 e. The lowest BCUT2D eigenvalue weighted by Crippen LogP contribution is -2.29. The van der Waals surface area contributed by atoms with Crippen LogP contribution in [0.4, 0.5) is 0 Å². The van der Waals surface area contributed by atoms with Crippen molar-refractivity contribution in [2.24, 2.45) is 0 Å². The van der Waals surface area contributed by atoms with E-state index in [0.717, 1.165) is 5.56 Å². The molecule has 0 radical (unpaired) electrons. The van der Waals surface area contributed by atoms with Gasteiger partial charge in [0, 0.05) is 25.5 Å². The van der Waals surface area contributed by atoms with Crippen molar-refractivity contribution in [1.82, 2.24) is 10.3 Å². The van der Waals surface area contributed by atoms with Crippen LogP contribution in [-0.4, -0.2) is 34.5 Å². The summed E-state index contributed by atoms with van der Waals surface area (Å²) in [4.78, 5) is 3.86. The molecule has 1 aromatic rings. The van der Waals surface area contributed by atoms with E-state index >= 15 is 0 Å². The van der Waals surface area contributed by atoms with Crippen LogP contribution < -0.4 is 5.32 Å². The van der Waals surface area contributed by atoms with Crippen molar-refractivity contribution in [3.8, 4) is 0 Å². The molecule has 0 aromatic carbocycles. The summed E-state index contributed by atoms with van der Waals surface area (Å²) >= 11 is 5.86. The van der Waals surface area contributed by atoms with E-state index in [-0.39, 0.29) is 6.61 Å². The van der Waals surface area contributed by atoms with E-state index < -0.39 is 6.10 Å². The van der Waals surface area contributed by atoms with Gasteiger partial charge in [-0.05, 0) is 11.6 Å². The maximum absolute atomic E-state index is 9.05. The summed E-state index contributed by atoms with van der Waals surface area (Å²) in [5.41, 5.74) is 0.923. The third kappa shape index (κ3) is 3.59. The van der Waals surface area contributed by atoms with E-state index in [0.29, 0.717) is 18.1 Å². The number of hydrogen-bond acceptors (Lipinski definition) is 4. The fourth-order valence-electron chi connectivity index (χ4n) is 0.985. The number of pyridine rings is 1. The van der Waals surface area contributed by atoms with Gasteiger partial charge < -0.3 is 15.5 Å². The second kappa shape index (κ2) is 5.93. The summed E-state index contributed by atoms with van der Waals surface area (Å²) in [5, 5.41) is 21.2. The van der Waals surface area contributed by atoms with E-state index in [1.165, 1.54) is 0 Å². The minimum absolute atomic E-state index is 0.239. The topological polar surface area (TPSA) is 65.4 Å². The number of aliphatic hydroxyl groups is 2. The van der Waals surface area contributed by atoms with E-state index in [4.69, 9.17) is 21.8 Å². The predicted molar refractivity (Wildman–Crippen MR) is 54.0 cm³/mol. The molecule has 0 aliphatic rings. The Labute approximate surface area is 87.6 Å². The number of nitrogens with zero attached hydrogens (tertiary/aromatic N) is 1. The molecule has 0 saturated heterocycles. The first-order valence-electron chi connectivity index (χ1n) is 4.32. The second-order valence-corrected chi connectivity index (χ2v) is 3.34. The van der Waals surface area contributed by atoms with Gasteiger partial charge in [-0.3, -0.25) is 4.98 Å². The highest BCUT2D eigenvalue weighted by atomic mass is 35.5. The monoisotopic (exact) mass is 216 g/mol. The average molecular weight is 217 g/mol. The molecule has 1 aromatic heterocycles. The molecule has 1 atom stereocenters. The summed E-state index contributed by atoms with van der Waals surface area (Å²) in [6, 6.07) is 1.81. The number of halogens is 1. The summed E-state index contributed by atoms with van der Waals surface area (Å²) < 4.78 is 0. The molecule has 1 rings (SSSR count). The van der Waals surface area contributed by atoms with Crippen molar-refractivity contribution in [2.45, 2.75) is 12.6 Å². The Hall–Kier alpha value is -0.680. The number of aromatic nitrogens is 1. The van der Waals surface area contributed by atoms with Crippen LogP contribution in [0.25, 0.3) is 0 Å². The molecule has 0 fully saturated rings. The number of rotatable bonds is 5. The Bertz CT molecular complexity index is 283. The first-order chi connectivity index (χ1) is 6.74. The van der Waals surface area contributed by atoms with Gasteiger partial charge in [-0.15, -0.1) is 0 Å². The lowest BCUT2D eigenvalue weighted by atomic mass is 10.2. The summed E-state index contributed by atoms with van der Waals surface area (Å²) in [7, 11) is 0. The van der Waals surface area contributed by atoms with Gasteiger partial charge in [0.2, 0.25) is 0 Å². The van der Waals surface area contributed by atoms with Crippen LogP contribution in [0.15, 0.2) is 18.5 Å². The van der Waals surface area contributed by atoms with E-state index in [2.05, 4.69) is 10.3 Å². The first kappa shape index (κ1) is 11.4. The maximum atomic E-state index is 9.05. The molecule has 0 aliphatic carbocycles. The van der Waals surface area contributed by atoms with Crippen LogP contribution in [0, 0.1) is 0 Å². The van der Waals surface area contributed by atoms with Crippen LogP contribution in [0.2, 0.25) is 5.02 Å². The van der Waals surface area contributed by atoms with Crippen LogP contribution in [0.3, 0.4) is 0 Å². The zero-order valence-corrected chi connectivity index (χ0v) is 8.41. The molecule has 4 nitrogen and oxygen atoms in total. The Balaban J connectivity index is 2.35. The van der Waals surface area contributed by atoms with E-state index in [1.807, 2.05) is 0 Å². The fraction of sp³-hybridized carbons (Fsp3) is 0.444. The van der Waals surface area contributed by atoms with Crippen molar-refractivity contribution >= 4 is 11.6 Å². The molecule has 0 spiro atoms. The zero-order valence-electron chi connectivity index (χ0n) is 7.65. The van der Waals surface area contributed by atoms with Gasteiger partial charge in [-0.2, -0.15) is 0 Å². The van der Waals surface area contributed by atoms with Crippen molar-refractivity contribution < 1.29 is 10.2 Å². The molecular formula is C9H13ClN2O2. The van der Waals surface area contributed by atoms with Crippen LogP contribution >= 0.6 is 11.6 Å². The molecule has 1 heterocycles. The zero-order chi connectivity index (χ0) is 10.4. The van der Waals surface area contributed by atoms with Gasteiger partial charge in [0.05, 0.1) is 17.7 Å². The minimum Gasteiger partial charge on any atom is -0.394 e. The summed E-state index contributed by atoms with van der Waals surface area (Å²) in [6.45, 7) is 0.657. The Kier molecular flexibility index (Phi) is 4.82. The van der Waals surface area contributed by atoms with Gasteiger partial charge in [0.25, 0.3) is 0 Å². The Morgan fingerprint density at radius 3 is 3.00 bits per heavy atom. The van der Waals surface area contributed by atoms with Gasteiger partial charge in [0.15, 0.2) is 0 Å². The SMILES string of the molecule is OCC(O)CNCc1ccncc1Cl. The lowest BCUT2D eigenvalue weighted by molar-refractivity contribution is 0.0942. The molecule has 0 aliphatic heterocycles. The highest BCUT2D eigenvalue weighted by Gasteiger charge is 2.02. The predicted octanol–water partition coefficient (Wildman–Crippen LogP) is 0.178. The number of hydrogen-bond donors (Lipinski definition) is 3. The largest absolute Gasteiger partial charge is 0.394 e. The molecule has 0 bridgehead atoms. The van der Waals surface area contributed by atoms with Crippen molar-refractivity contribution in [2.75, 3.05) is 13.2 Å². The summed E-state index contributed by atoms with van der Waals surface area (Å²) in [5.74, 6) is 0. The molecule has 1 unspecified atom stereocenters. The normalized spacial score (nSPS) is 12.8. The van der Waals surface area contributed by atoms with Gasteiger partial charge >= 0.3 is 0 Å². The third-order valence-corrected chi connectivity index (χ3v) is 2.10. The summed E-state index contributed by atoms with van der Waals surface area (Å²) in [6.07, 6.45) is 2.50. The highest BCUT2D eigenvalue weighted by Crippen LogP contribution is 2.12. The third-order valence-electron chi connectivity index (χ3n) is 1.76. The second-order valence-electron chi connectivity index (χ2n) is 2.93. The van der Waals surface area contributed by atoms with Crippen molar-refractivity contribution in [3.05, 3.63) is 29.0 Å². The molecule has 5 heteroatoms. The minimum atomic E-state index is -0.726. The first-order valence-corrected chi connectivity index (χ1v) is 4.70. The molecular weight excluding hydrogens is 204 g/mol. The number of aliphatic hydroxyl groups excluding tert-OH is 2. The quantitative estimate of drug-likeness (QED) is 0.657. The fourth-order valence-corrected chi connectivity index (χ4v) is 1.17. The van der Waals surface area contributed by atoms with Gasteiger partial charge in [-0.1, -0.05) is 11.6 Å². The van der Waals surface area contributed by atoms with E-state index in [9.17, 15) is 0 Å². The molecule has 0 amide bonds. The Morgan fingerprint density at radius 1 is 1.57 bits per heavy atom. The van der Waals surface area contributed by atoms with Crippen LogP contribution in [-0.2, 0) is 6.54 Å². The van der Waals surface area contributed by atoms with E-state index in [1.54, 1.807) is 18.5 Å². The van der Waals surface area contributed by atoms with Gasteiger partial charge in [0.1, 0.15) is 0 Å².